The molecule has 0 aliphatic heterocycles. The number of unbranched alkanes of at least 4 members (excludes halogenated alkanes) is 1. The summed E-state index contributed by atoms with van der Waals surface area (Å²) in [7, 11) is 1.00. The summed E-state index contributed by atoms with van der Waals surface area (Å²) in [5, 5.41) is 24.3. The Labute approximate surface area is 225 Å². The minimum absolute atomic E-state index is 0.103. The Morgan fingerprint density at radius 3 is 2.14 bits per heavy atom. The molecule has 0 saturated heterocycles. The Kier molecular flexibility index (Phi) is 33.2. The monoisotopic (exact) mass is 516 g/mol. The van der Waals surface area contributed by atoms with E-state index in [1.807, 2.05) is 27.7 Å². The van der Waals surface area contributed by atoms with Crippen LogP contribution in [-0.4, -0.2) is 73.6 Å². The molecule has 0 aromatic carbocycles. The van der Waals surface area contributed by atoms with Gasteiger partial charge in [0, 0.05) is 26.4 Å². The van der Waals surface area contributed by atoms with Gasteiger partial charge in [-0.15, -0.1) is 0 Å². The molecule has 7 heteroatoms. The summed E-state index contributed by atoms with van der Waals surface area (Å²) in [6.07, 6.45) is 16.9. The highest BCUT2D eigenvalue weighted by Crippen LogP contribution is 2.45. The second-order valence-electron chi connectivity index (χ2n) is 8.99. The Hall–Kier alpha value is -0.990. The first kappa shape index (κ1) is 39.5. The van der Waals surface area contributed by atoms with Gasteiger partial charge in [-0.1, -0.05) is 60.8 Å². The molecule has 0 spiro atoms. The minimum Gasteiger partial charge on any atom is -0.405 e. The average molecular weight is 516 g/mol. The number of aliphatic hydroxyl groups is 2. The van der Waals surface area contributed by atoms with Crippen LogP contribution >= 0.6 is 0 Å². The van der Waals surface area contributed by atoms with Crippen molar-refractivity contribution in [3.05, 3.63) is 12.3 Å². The van der Waals surface area contributed by atoms with E-state index in [9.17, 15) is 5.11 Å². The zero-order chi connectivity index (χ0) is 28.1. The van der Waals surface area contributed by atoms with Crippen LogP contribution in [0.5, 0.6) is 0 Å². The number of aliphatic imine (C=N–C) groups is 1. The van der Waals surface area contributed by atoms with Crippen LogP contribution in [-0.2, 0) is 0 Å². The molecule has 2 atom stereocenters. The van der Waals surface area contributed by atoms with E-state index in [-0.39, 0.29) is 12.4 Å². The van der Waals surface area contributed by atoms with E-state index in [0.29, 0.717) is 5.41 Å². The van der Waals surface area contributed by atoms with Gasteiger partial charge in [-0.2, -0.15) is 0 Å². The van der Waals surface area contributed by atoms with Gasteiger partial charge in [0.25, 0.3) is 0 Å². The molecule has 36 heavy (non-hydrogen) atoms. The van der Waals surface area contributed by atoms with E-state index < -0.39 is 0 Å². The normalized spacial score (nSPS) is 16.1. The van der Waals surface area contributed by atoms with Gasteiger partial charge in [-0.25, -0.2) is 0 Å². The highest BCUT2D eigenvalue weighted by molar-refractivity contribution is 5.70. The van der Waals surface area contributed by atoms with Crippen LogP contribution < -0.4 is 16.4 Å². The standard InChI is InChI=1S/C24H49N5O.2C2H6.CH4O/c1-4-11-24(12-6-7-13-24)21-23(30)28-15-8-9-19-29(18-5-2)20-17-27-22(3)26-16-10-14-25;3*1-2/h10,14,16,22-23,27-28,30H,4-9,11-13,15,17-21,25H2,1-3H3;2*1-2H3;2H,1H3/b14-10-,26-16-;;;. The zero-order valence-corrected chi connectivity index (χ0v) is 25.4. The fourth-order valence-electron chi connectivity index (χ4n) is 4.79. The van der Waals surface area contributed by atoms with Crippen LogP contribution in [0, 0.1) is 5.41 Å². The zero-order valence-electron chi connectivity index (χ0n) is 25.4. The fraction of sp³-hybridized carbons (Fsp3) is 0.897. The van der Waals surface area contributed by atoms with Gasteiger partial charge in [0.1, 0.15) is 6.23 Å². The number of hydrogen-bond acceptors (Lipinski definition) is 7. The van der Waals surface area contributed by atoms with Crippen molar-refractivity contribution in [2.75, 3.05) is 39.8 Å². The Balaban J connectivity index is -0.00000168. The van der Waals surface area contributed by atoms with Gasteiger partial charge < -0.3 is 20.8 Å². The molecule has 0 amide bonds. The third-order valence-corrected chi connectivity index (χ3v) is 6.27. The number of allylic oxidation sites excluding steroid dienone is 1. The predicted molar refractivity (Wildman–Crippen MR) is 161 cm³/mol. The Morgan fingerprint density at radius 2 is 1.58 bits per heavy atom. The summed E-state index contributed by atoms with van der Waals surface area (Å²) in [4.78, 5) is 6.88. The highest BCUT2D eigenvalue weighted by Gasteiger charge is 2.34. The summed E-state index contributed by atoms with van der Waals surface area (Å²) >= 11 is 0. The lowest BCUT2D eigenvalue weighted by atomic mass is 9.78. The third-order valence-electron chi connectivity index (χ3n) is 6.27. The minimum atomic E-state index is -0.346. The molecule has 1 aliphatic carbocycles. The van der Waals surface area contributed by atoms with E-state index >= 15 is 0 Å². The van der Waals surface area contributed by atoms with Crippen molar-refractivity contribution in [2.24, 2.45) is 16.1 Å². The van der Waals surface area contributed by atoms with E-state index in [1.54, 1.807) is 12.3 Å². The summed E-state index contributed by atoms with van der Waals surface area (Å²) < 4.78 is 0. The molecule has 0 heterocycles. The number of nitrogens with one attached hydrogen (secondary N) is 2. The molecule has 1 aliphatic rings. The van der Waals surface area contributed by atoms with Crippen LogP contribution in [0.15, 0.2) is 17.3 Å². The molecule has 1 fully saturated rings. The van der Waals surface area contributed by atoms with Crippen LogP contribution in [0.3, 0.4) is 0 Å². The first-order valence-corrected chi connectivity index (χ1v) is 14.8. The van der Waals surface area contributed by atoms with E-state index in [2.05, 4.69) is 41.3 Å². The van der Waals surface area contributed by atoms with Gasteiger partial charge in [0.15, 0.2) is 0 Å². The lowest BCUT2D eigenvalue weighted by Gasteiger charge is -2.31. The Morgan fingerprint density at radius 1 is 0.944 bits per heavy atom. The van der Waals surface area contributed by atoms with Gasteiger partial charge in [0.2, 0.25) is 0 Å². The van der Waals surface area contributed by atoms with Crippen LogP contribution in [0.4, 0.5) is 0 Å². The first-order chi connectivity index (χ1) is 17.5. The Bertz CT molecular complexity index is 469. The SMILES string of the molecule is CC.CC.CCCN(CCCCNC(O)CC1(CCC)CCCC1)CCNC(C)/N=C\C=C/N.CO. The largest absolute Gasteiger partial charge is 0.405 e. The maximum absolute atomic E-state index is 10.5. The molecule has 218 valence electrons. The van der Waals surface area contributed by atoms with E-state index in [0.717, 1.165) is 59.1 Å². The third kappa shape index (κ3) is 22.2. The molecule has 0 bridgehead atoms. The second-order valence-corrected chi connectivity index (χ2v) is 8.99. The molecule has 2 unspecified atom stereocenters. The van der Waals surface area contributed by atoms with Crippen molar-refractivity contribution < 1.29 is 10.2 Å². The molecule has 6 N–H and O–H groups in total. The number of nitrogens with two attached hydrogens (primary N) is 1. The summed E-state index contributed by atoms with van der Waals surface area (Å²) in [5.41, 5.74) is 5.71. The molecule has 1 rings (SSSR count). The smallest absolute Gasteiger partial charge is 0.105 e. The highest BCUT2D eigenvalue weighted by atomic mass is 16.3. The van der Waals surface area contributed by atoms with Gasteiger partial charge in [-0.05, 0) is 89.2 Å². The number of aliphatic hydroxyl groups excluding tert-OH is 2. The lowest BCUT2D eigenvalue weighted by molar-refractivity contribution is 0.0666. The van der Waals surface area contributed by atoms with Gasteiger partial charge >= 0.3 is 0 Å². The quantitative estimate of drug-likeness (QED) is 0.0966. The van der Waals surface area contributed by atoms with E-state index in [4.69, 9.17) is 10.8 Å². The molecular formula is C29H65N5O2. The van der Waals surface area contributed by atoms with E-state index in [1.165, 1.54) is 51.1 Å². The molecular weight excluding hydrogens is 450 g/mol. The number of rotatable bonds is 18. The summed E-state index contributed by atoms with van der Waals surface area (Å²) in [5.74, 6) is 0. The maximum Gasteiger partial charge on any atom is 0.105 e. The second kappa shape index (κ2) is 30.2. The molecule has 1 saturated carbocycles. The van der Waals surface area contributed by atoms with Crippen molar-refractivity contribution in [2.45, 2.75) is 125 Å². The van der Waals surface area contributed by atoms with Crippen molar-refractivity contribution in [3.63, 3.8) is 0 Å². The maximum atomic E-state index is 10.5. The van der Waals surface area contributed by atoms with Crippen molar-refractivity contribution in [1.82, 2.24) is 15.5 Å². The number of nitrogens with zero attached hydrogens (tertiary/aromatic N) is 2. The predicted octanol–water partition coefficient (Wildman–Crippen LogP) is 5.28. The molecule has 0 aromatic rings. The van der Waals surface area contributed by atoms with Crippen molar-refractivity contribution in [3.8, 4) is 0 Å². The number of hydrogen-bond donors (Lipinski definition) is 5. The van der Waals surface area contributed by atoms with Gasteiger partial charge in [-0.3, -0.25) is 15.6 Å². The average Bonchev–Trinajstić information content (AvgIpc) is 3.35. The van der Waals surface area contributed by atoms with Crippen LogP contribution in [0.2, 0.25) is 0 Å². The van der Waals surface area contributed by atoms with Crippen LogP contribution in [0.25, 0.3) is 0 Å². The summed E-state index contributed by atoms with van der Waals surface area (Å²) in [6.45, 7) is 19.7. The van der Waals surface area contributed by atoms with Crippen LogP contribution in [0.1, 0.15) is 113 Å². The lowest BCUT2D eigenvalue weighted by Crippen LogP contribution is -2.37. The fourth-order valence-corrected chi connectivity index (χ4v) is 4.79. The topological polar surface area (TPSA) is 106 Å². The van der Waals surface area contributed by atoms with Crippen molar-refractivity contribution >= 4 is 6.21 Å². The van der Waals surface area contributed by atoms with Gasteiger partial charge in [0.05, 0.1) is 6.17 Å². The molecule has 0 radical (unpaired) electrons. The van der Waals surface area contributed by atoms with Crippen molar-refractivity contribution in [1.29, 1.82) is 0 Å². The molecule has 7 nitrogen and oxygen atoms in total. The molecule has 0 aromatic heterocycles. The first-order valence-electron chi connectivity index (χ1n) is 14.8. The summed E-state index contributed by atoms with van der Waals surface area (Å²) in [6, 6.07) is 0.